The van der Waals surface area contributed by atoms with Gasteiger partial charge in [0.25, 0.3) is 0 Å². The van der Waals surface area contributed by atoms with Crippen molar-refractivity contribution in [3.05, 3.63) is 35.7 Å². The SMILES string of the molecule is Cc1ccccc1-c1noc(CC(=O)N2CCCC2C(=O)NC2CCCCC2)n1. The zero-order chi connectivity index (χ0) is 20.2. The third kappa shape index (κ3) is 4.49. The molecule has 2 heterocycles. The molecule has 7 nitrogen and oxygen atoms in total. The van der Waals surface area contributed by atoms with Gasteiger partial charge in [0.05, 0.1) is 0 Å². The molecule has 1 unspecified atom stereocenters. The fourth-order valence-electron chi connectivity index (χ4n) is 4.37. The first-order valence-electron chi connectivity index (χ1n) is 10.6. The summed E-state index contributed by atoms with van der Waals surface area (Å²) in [4.78, 5) is 31.7. The van der Waals surface area contributed by atoms with Crippen molar-refractivity contribution in [1.82, 2.24) is 20.4 Å². The first-order valence-corrected chi connectivity index (χ1v) is 10.6. The number of carbonyl (C=O) groups is 2. The lowest BCUT2D eigenvalue weighted by Crippen LogP contribution is -2.49. The van der Waals surface area contributed by atoms with Crippen LogP contribution in [-0.2, 0) is 16.0 Å². The smallest absolute Gasteiger partial charge is 0.243 e. The molecular weight excluding hydrogens is 368 g/mol. The predicted molar refractivity (Wildman–Crippen MR) is 108 cm³/mol. The Labute approximate surface area is 170 Å². The minimum absolute atomic E-state index is 0.0196. The second-order valence-corrected chi connectivity index (χ2v) is 8.09. The average Bonchev–Trinajstić information content (AvgIpc) is 3.39. The van der Waals surface area contributed by atoms with Crippen molar-refractivity contribution in [3.63, 3.8) is 0 Å². The van der Waals surface area contributed by atoms with E-state index in [1.54, 1.807) is 4.90 Å². The maximum Gasteiger partial charge on any atom is 0.243 e. The summed E-state index contributed by atoms with van der Waals surface area (Å²) >= 11 is 0. The van der Waals surface area contributed by atoms with Gasteiger partial charge in [-0.2, -0.15) is 4.98 Å². The largest absolute Gasteiger partial charge is 0.352 e. The molecule has 1 saturated carbocycles. The molecule has 2 aromatic rings. The number of carbonyl (C=O) groups excluding carboxylic acids is 2. The van der Waals surface area contributed by atoms with E-state index in [2.05, 4.69) is 15.5 Å². The maximum atomic E-state index is 12.9. The van der Waals surface area contributed by atoms with Crippen LogP contribution >= 0.6 is 0 Å². The van der Waals surface area contributed by atoms with Crippen LogP contribution in [0.5, 0.6) is 0 Å². The van der Waals surface area contributed by atoms with Gasteiger partial charge in [0.15, 0.2) is 0 Å². The molecule has 0 spiro atoms. The molecule has 1 aliphatic heterocycles. The Bertz CT molecular complexity index is 872. The van der Waals surface area contributed by atoms with Crippen molar-refractivity contribution in [2.24, 2.45) is 0 Å². The molecule has 1 aromatic carbocycles. The highest BCUT2D eigenvalue weighted by Gasteiger charge is 2.35. The maximum absolute atomic E-state index is 12.9. The van der Waals surface area contributed by atoms with E-state index >= 15 is 0 Å². The zero-order valence-electron chi connectivity index (χ0n) is 16.9. The fraction of sp³-hybridized carbons (Fsp3) is 0.545. The quantitative estimate of drug-likeness (QED) is 0.839. The molecule has 0 bridgehead atoms. The minimum Gasteiger partial charge on any atom is -0.352 e. The molecule has 29 heavy (non-hydrogen) atoms. The van der Waals surface area contributed by atoms with Crippen LogP contribution in [0.3, 0.4) is 0 Å². The van der Waals surface area contributed by atoms with Gasteiger partial charge in [0, 0.05) is 18.2 Å². The third-order valence-corrected chi connectivity index (χ3v) is 5.98. The van der Waals surface area contributed by atoms with Gasteiger partial charge in [-0.15, -0.1) is 0 Å². The van der Waals surface area contributed by atoms with Crippen molar-refractivity contribution in [2.45, 2.75) is 70.4 Å². The summed E-state index contributed by atoms with van der Waals surface area (Å²) in [6.45, 7) is 2.58. The first kappa shape index (κ1) is 19.6. The summed E-state index contributed by atoms with van der Waals surface area (Å²) in [6, 6.07) is 7.65. The van der Waals surface area contributed by atoms with Gasteiger partial charge in [0.2, 0.25) is 23.5 Å². The Hall–Kier alpha value is -2.70. The molecule has 0 radical (unpaired) electrons. The molecule has 1 saturated heterocycles. The minimum atomic E-state index is -0.386. The summed E-state index contributed by atoms with van der Waals surface area (Å²) < 4.78 is 5.31. The number of hydrogen-bond acceptors (Lipinski definition) is 5. The van der Waals surface area contributed by atoms with E-state index in [0.717, 1.165) is 30.4 Å². The van der Waals surface area contributed by atoms with E-state index in [4.69, 9.17) is 4.52 Å². The number of aromatic nitrogens is 2. The van der Waals surface area contributed by atoms with Crippen molar-refractivity contribution < 1.29 is 14.1 Å². The third-order valence-electron chi connectivity index (χ3n) is 5.98. The van der Waals surface area contributed by atoms with Crippen molar-refractivity contribution in [1.29, 1.82) is 0 Å². The number of amides is 2. The summed E-state index contributed by atoms with van der Waals surface area (Å²) in [5.41, 5.74) is 1.94. The van der Waals surface area contributed by atoms with Gasteiger partial charge in [-0.05, 0) is 38.2 Å². The van der Waals surface area contributed by atoms with E-state index in [1.165, 1.54) is 19.3 Å². The van der Waals surface area contributed by atoms with E-state index in [-0.39, 0.29) is 36.2 Å². The van der Waals surface area contributed by atoms with E-state index in [0.29, 0.717) is 18.8 Å². The molecule has 2 fully saturated rings. The van der Waals surface area contributed by atoms with Crippen LogP contribution in [0.25, 0.3) is 11.4 Å². The van der Waals surface area contributed by atoms with Gasteiger partial charge >= 0.3 is 0 Å². The lowest BCUT2D eigenvalue weighted by molar-refractivity contribution is -0.138. The molecule has 2 aliphatic rings. The Morgan fingerprint density at radius 3 is 2.72 bits per heavy atom. The molecule has 1 aliphatic carbocycles. The number of nitrogens with zero attached hydrogens (tertiary/aromatic N) is 3. The second-order valence-electron chi connectivity index (χ2n) is 8.09. The average molecular weight is 396 g/mol. The molecule has 1 atom stereocenters. The van der Waals surface area contributed by atoms with E-state index in [9.17, 15) is 9.59 Å². The number of rotatable bonds is 5. The standard InChI is InChI=1S/C22H28N4O3/c1-15-8-5-6-11-17(15)21-24-19(29-25-21)14-20(27)26-13-7-12-18(26)22(28)23-16-9-3-2-4-10-16/h5-6,8,11,16,18H,2-4,7,9-10,12-14H2,1H3,(H,23,28). The van der Waals surface area contributed by atoms with E-state index < -0.39 is 0 Å². The lowest BCUT2D eigenvalue weighted by atomic mass is 9.95. The van der Waals surface area contributed by atoms with Crippen molar-refractivity contribution in [3.8, 4) is 11.4 Å². The first-order chi connectivity index (χ1) is 14.1. The Morgan fingerprint density at radius 1 is 1.14 bits per heavy atom. The summed E-state index contributed by atoms with van der Waals surface area (Å²) in [6.07, 6.45) is 7.22. The Morgan fingerprint density at radius 2 is 1.93 bits per heavy atom. The normalized spacial score (nSPS) is 20.0. The van der Waals surface area contributed by atoms with Crippen LogP contribution in [-0.4, -0.2) is 45.5 Å². The van der Waals surface area contributed by atoms with Crippen molar-refractivity contribution in [2.75, 3.05) is 6.54 Å². The molecule has 1 N–H and O–H groups in total. The van der Waals surface area contributed by atoms with Crippen molar-refractivity contribution >= 4 is 11.8 Å². The zero-order valence-corrected chi connectivity index (χ0v) is 16.9. The highest BCUT2D eigenvalue weighted by atomic mass is 16.5. The van der Waals surface area contributed by atoms with E-state index in [1.807, 2.05) is 31.2 Å². The highest BCUT2D eigenvalue weighted by Crippen LogP contribution is 2.23. The number of aryl methyl sites for hydroxylation is 1. The van der Waals surface area contributed by atoms with Crippen LogP contribution in [0.4, 0.5) is 0 Å². The highest BCUT2D eigenvalue weighted by molar-refractivity contribution is 5.89. The monoisotopic (exact) mass is 396 g/mol. The molecule has 2 amide bonds. The number of nitrogens with one attached hydrogen (secondary N) is 1. The fourth-order valence-corrected chi connectivity index (χ4v) is 4.37. The molecule has 154 valence electrons. The van der Waals surface area contributed by atoms with Gasteiger partial charge in [0.1, 0.15) is 12.5 Å². The molecule has 7 heteroatoms. The Kier molecular flexibility index (Phi) is 5.92. The summed E-state index contributed by atoms with van der Waals surface area (Å²) in [5.74, 6) is 0.616. The lowest BCUT2D eigenvalue weighted by Gasteiger charge is -2.28. The van der Waals surface area contributed by atoms with Gasteiger partial charge in [-0.1, -0.05) is 48.7 Å². The molecule has 4 rings (SSSR count). The van der Waals surface area contributed by atoms with Crippen LogP contribution in [0.15, 0.2) is 28.8 Å². The van der Waals surface area contributed by atoms with Crippen LogP contribution in [0.2, 0.25) is 0 Å². The topological polar surface area (TPSA) is 88.3 Å². The predicted octanol–water partition coefficient (Wildman–Crippen LogP) is 3.03. The number of hydrogen-bond donors (Lipinski definition) is 1. The molecular formula is C22H28N4O3. The van der Waals surface area contributed by atoms with Gasteiger partial charge in [-0.3, -0.25) is 9.59 Å². The number of likely N-dealkylation sites (tertiary alicyclic amines) is 1. The second kappa shape index (κ2) is 8.76. The van der Waals surface area contributed by atoms with Crippen LogP contribution in [0, 0.1) is 6.92 Å². The Balaban J connectivity index is 1.39. The summed E-state index contributed by atoms with van der Waals surface area (Å²) in [5, 5.41) is 7.18. The van der Waals surface area contributed by atoms with Crippen LogP contribution < -0.4 is 5.32 Å². The molecule has 1 aromatic heterocycles. The van der Waals surface area contributed by atoms with Crippen LogP contribution in [0.1, 0.15) is 56.4 Å². The van der Waals surface area contributed by atoms with Gasteiger partial charge in [-0.25, -0.2) is 0 Å². The summed E-state index contributed by atoms with van der Waals surface area (Å²) in [7, 11) is 0. The number of benzene rings is 1. The van der Waals surface area contributed by atoms with Gasteiger partial charge < -0.3 is 14.7 Å².